The highest BCUT2D eigenvalue weighted by atomic mass is 32.3. The van der Waals surface area contributed by atoms with E-state index in [1.165, 1.54) is 0 Å². The molecule has 0 amide bonds. The molecule has 0 N–H and O–H groups in total. The molecule has 0 aliphatic heterocycles. The van der Waals surface area contributed by atoms with Crippen LogP contribution in [-0.4, -0.2) is 32.5 Å². The first-order chi connectivity index (χ1) is 13.4. The third-order valence-corrected chi connectivity index (χ3v) is 10.4. The molecule has 2 atom stereocenters. The molecular formula is C22H28O5S2. The molecule has 0 spiro atoms. The normalized spacial score (nSPS) is 26.8. The monoisotopic (exact) mass is 436 g/mol. The molecule has 0 saturated heterocycles. The standard InChI is InChI=1S/C22H28O5S2/c1-21(2)18-11-12-22(21,20(23)14-18)15-29(24,25)27-28(3,4)26-19-10-9-16-7-5-6-8-17(16)13-19/h5-10,13,18H,11-12,14-15H2,1-4H3. The van der Waals surface area contributed by atoms with Crippen molar-refractivity contribution in [3.8, 4) is 5.75 Å². The van der Waals surface area contributed by atoms with Crippen LogP contribution in [-0.2, 0) is 18.5 Å². The van der Waals surface area contributed by atoms with Gasteiger partial charge in [0, 0.05) is 18.9 Å². The number of carbonyl (C=O) groups excluding carboxylic acids is 1. The van der Waals surface area contributed by atoms with E-state index in [9.17, 15) is 13.2 Å². The Labute approximate surface area is 174 Å². The zero-order valence-electron chi connectivity index (χ0n) is 17.3. The van der Waals surface area contributed by atoms with Crippen molar-refractivity contribution >= 4 is 37.3 Å². The third-order valence-electron chi connectivity index (χ3n) is 6.85. The molecule has 0 aromatic heterocycles. The number of ketones is 1. The van der Waals surface area contributed by atoms with Crippen molar-refractivity contribution in [2.45, 2.75) is 33.1 Å². The molecule has 2 bridgehead atoms. The lowest BCUT2D eigenvalue weighted by molar-refractivity contribution is -0.128. The van der Waals surface area contributed by atoms with Crippen molar-refractivity contribution in [3.63, 3.8) is 0 Å². The molecule has 2 saturated carbocycles. The average Bonchev–Trinajstić information content (AvgIpc) is 2.94. The van der Waals surface area contributed by atoms with Gasteiger partial charge >= 0.3 is 0 Å². The summed E-state index contributed by atoms with van der Waals surface area (Å²) in [4.78, 5) is 12.7. The zero-order chi connectivity index (χ0) is 21.1. The quantitative estimate of drug-likeness (QED) is 0.647. The Kier molecular flexibility index (Phi) is 4.80. The lowest BCUT2D eigenvalue weighted by Crippen LogP contribution is -2.42. The Morgan fingerprint density at radius 3 is 2.38 bits per heavy atom. The highest BCUT2D eigenvalue weighted by molar-refractivity contribution is 8.28. The number of carbonyl (C=O) groups is 1. The van der Waals surface area contributed by atoms with Crippen molar-refractivity contribution in [3.05, 3.63) is 42.5 Å². The Hall–Kier alpha value is -1.57. The van der Waals surface area contributed by atoms with E-state index in [-0.39, 0.29) is 22.9 Å². The summed E-state index contributed by atoms with van der Waals surface area (Å²) in [7, 11) is -6.32. The van der Waals surface area contributed by atoms with Gasteiger partial charge in [-0.1, -0.05) is 44.2 Å². The lowest BCUT2D eigenvalue weighted by atomic mass is 9.70. The maximum Gasteiger partial charge on any atom is 0.287 e. The van der Waals surface area contributed by atoms with Crippen LogP contribution >= 0.6 is 10.6 Å². The maximum atomic E-state index is 13.0. The van der Waals surface area contributed by atoms with Gasteiger partial charge in [-0.3, -0.25) is 4.79 Å². The van der Waals surface area contributed by atoms with Crippen LogP contribution in [0.1, 0.15) is 33.1 Å². The summed E-state index contributed by atoms with van der Waals surface area (Å²) < 4.78 is 37.5. The van der Waals surface area contributed by atoms with Crippen LogP contribution in [0.25, 0.3) is 10.8 Å². The molecule has 158 valence electrons. The van der Waals surface area contributed by atoms with Gasteiger partial charge in [0.25, 0.3) is 10.1 Å². The van der Waals surface area contributed by atoms with Crippen LogP contribution in [0.3, 0.4) is 0 Å². The Balaban J connectivity index is 1.52. The number of benzene rings is 2. The first-order valence-electron chi connectivity index (χ1n) is 9.83. The third kappa shape index (κ3) is 3.57. The van der Waals surface area contributed by atoms with E-state index in [1.54, 1.807) is 12.5 Å². The van der Waals surface area contributed by atoms with Crippen LogP contribution in [0.15, 0.2) is 42.5 Å². The second-order valence-corrected chi connectivity index (χ2v) is 13.6. The number of hydrogen-bond acceptors (Lipinski definition) is 5. The minimum absolute atomic E-state index is 0.0641. The maximum absolute atomic E-state index is 13.0. The number of Topliss-reactive ketones (excluding diaryl/α,β-unsaturated/α-hetero) is 1. The molecule has 2 aromatic carbocycles. The highest BCUT2D eigenvalue weighted by Crippen LogP contribution is 2.64. The summed E-state index contributed by atoms with van der Waals surface area (Å²) in [6.45, 7) is 4.04. The molecule has 2 aliphatic rings. The molecule has 7 heteroatoms. The van der Waals surface area contributed by atoms with E-state index in [0.717, 1.165) is 17.2 Å². The molecule has 29 heavy (non-hydrogen) atoms. The largest absolute Gasteiger partial charge is 0.391 e. The molecule has 2 fully saturated rings. The van der Waals surface area contributed by atoms with Crippen molar-refractivity contribution in [1.82, 2.24) is 0 Å². The summed E-state index contributed by atoms with van der Waals surface area (Å²) in [6.07, 6.45) is 5.32. The predicted molar refractivity (Wildman–Crippen MR) is 117 cm³/mol. The molecular weight excluding hydrogens is 408 g/mol. The first-order valence-corrected chi connectivity index (χ1v) is 13.7. The van der Waals surface area contributed by atoms with Crippen molar-refractivity contribution in [1.29, 1.82) is 0 Å². The molecule has 0 radical (unpaired) electrons. The summed E-state index contributed by atoms with van der Waals surface area (Å²) in [5, 5.41) is 2.09. The fraction of sp³-hybridized carbons (Fsp3) is 0.500. The Morgan fingerprint density at radius 2 is 1.76 bits per heavy atom. The molecule has 5 nitrogen and oxygen atoms in total. The van der Waals surface area contributed by atoms with Gasteiger partial charge in [-0.05, 0) is 47.1 Å². The highest BCUT2D eigenvalue weighted by Gasteiger charge is 2.65. The minimum atomic E-state index is -3.94. The summed E-state index contributed by atoms with van der Waals surface area (Å²) in [5.41, 5.74) is -1.16. The van der Waals surface area contributed by atoms with E-state index in [2.05, 4.69) is 0 Å². The average molecular weight is 437 g/mol. The fourth-order valence-electron chi connectivity index (χ4n) is 5.15. The summed E-state index contributed by atoms with van der Waals surface area (Å²) >= 11 is 0. The van der Waals surface area contributed by atoms with E-state index < -0.39 is 26.1 Å². The Morgan fingerprint density at radius 1 is 1.07 bits per heavy atom. The molecule has 2 unspecified atom stereocenters. The van der Waals surface area contributed by atoms with Gasteiger partial charge in [0.2, 0.25) is 0 Å². The van der Waals surface area contributed by atoms with Gasteiger partial charge in [-0.25, -0.2) is 0 Å². The lowest BCUT2D eigenvalue weighted by Gasteiger charge is -2.39. The second kappa shape index (κ2) is 6.72. The second-order valence-electron chi connectivity index (χ2n) is 9.17. The predicted octanol–water partition coefficient (Wildman–Crippen LogP) is 4.85. The van der Waals surface area contributed by atoms with Crippen LogP contribution < -0.4 is 4.18 Å². The van der Waals surface area contributed by atoms with E-state index in [4.69, 9.17) is 7.81 Å². The van der Waals surface area contributed by atoms with Crippen LogP contribution in [0, 0.1) is 16.7 Å². The fourth-order valence-corrected chi connectivity index (χ4v) is 9.30. The summed E-state index contributed by atoms with van der Waals surface area (Å²) in [6, 6.07) is 13.5. The van der Waals surface area contributed by atoms with Gasteiger partial charge in [-0.2, -0.15) is 12.0 Å². The molecule has 0 heterocycles. The first kappa shape index (κ1) is 20.7. The summed E-state index contributed by atoms with van der Waals surface area (Å²) in [5.74, 6) is 0.628. The van der Waals surface area contributed by atoms with Crippen molar-refractivity contribution in [2.24, 2.45) is 16.7 Å². The van der Waals surface area contributed by atoms with E-state index in [0.29, 0.717) is 18.6 Å². The van der Waals surface area contributed by atoms with Gasteiger partial charge in [-0.15, -0.1) is 10.6 Å². The van der Waals surface area contributed by atoms with Crippen molar-refractivity contribution in [2.75, 3.05) is 18.3 Å². The van der Waals surface area contributed by atoms with Gasteiger partial charge in [0.05, 0.1) is 11.2 Å². The van der Waals surface area contributed by atoms with Crippen molar-refractivity contribution < 1.29 is 21.0 Å². The van der Waals surface area contributed by atoms with Crippen LogP contribution in [0.5, 0.6) is 5.75 Å². The smallest absolute Gasteiger partial charge is 0.287 e. The number of fused-ring (bicyclic) bond motifs is 3. The SMILES string of the molecule is CC1(C)C2CCC1(CS(=O)(=O)OS(C)(C)Oc1ccc3ccccc3c1)C(=O)C2. The minimum Gasteiger partial charge on any atom is -0.391 e. The van der Waals surface area contributed by atoms with Crippen LogP contribution in [0.4, 0.5) is 0 Å². The molecule has 2 aliphatic carbocycles. The van der Waals surface area contributed by atoms with E-state index in [1.807, 2.05) is 56.3 Å². The van der Waals surface area contributed by atoms with Crippen LogP contribution in [0.2, 0.25) is 0 Å². The van der Waals surface area contributed by atoms with E-state index >= 15 is 0 Å². The van der Waals surface area contributed by atoms with Gasteiger partial charge in [0.1, 0.15) is 5.78 Å². The number of hydrogen-bond donors (Lipinski definition) is 0. The molecule has 2 aromatic rings. The Bertz CT molecular complexity index is 1070. The van der Waals surface area contributed by atoms with Gasteiger partial charge in [0.15, 0.2) is 5.75 Å². The van der Waals surface area contributed by atoms with Gasteiger partial charge < -0.3 is 4.18 Å². The zero-order valence-corrected chi connectivity index (χ0v) is 18.9. The molecule has 4 rings (SSSR count). The number of rotatable bonds is 6. The topological polar surface area (TPSA) is 69.7 Å².